The molecule has 2 amide bonds. The van der Waals surface area contributed by atoms with E-state index >= 15 is 0 Å². The van der Waals surface area contributed by atoms with Gasteiger partial charge >= 0.3 is 0 Å². The van der Waals surface area contributed by atoms with Gasteiger partial charge in [-0.15, -0.1) is 0 Å². The van der Waals surface area contributed by atoms with Gasteiger partial charge in [0, 0.05) is 30.8 Å². The minimum absolute atomic E-state index is 0.0367. The van der Waals surface area contributed by atoms with Gasteiger partial charge in [-0.25, -0.2) is 8.42 Å². The molecule has 7 heteroatoms. The molecule has 2 aromatic carbocycles. The lowest BCUT2D eigenvalue weighted by atomic mass is 10.0. The van der Waals surface area contributed by atoms with E-state index in [1.165, 1.54) is 6.07 Å². The summed E-state index contributed by atoms with van der Waals surface area (Å²) in [6, 6.07) is 10.6. The van der Waals surface area contributed by atoms with Gasteiger partial charge in [-0.3, -0.25) is 9.59 Å². The maximum absolute atomic E-state index is 12.8. The van der Waals surface area contributed by atoms with Crippen molar-refractivity contribution >= 4 is 33.0 Å². The van der Waals surface area contributed by atoms with Crippen LogP contribution in [-0.4, -0.2) is 32.5 Å². The molecule has 0 saturated carbocycles. The van der Waals surface area contributed by atoms with Crippen molar-refractivity contribution in [3.05, 3.63) is 53.1 Å². The Morgan fingerprint density at radius 1 is 1.10 bits per heavy atom. The molecule has 0 unspecified atom stereocenters. The molecule has 1 aliphatic rings. The van der Waals surface area contributed by atoms with Crippen molar-refractivity contribution in [3.63, 3.8) is 0 Å². The molecule has 0 fully saturated rings. The van der Waals surface area contributed by atoms with Gasteiger partial charge in [-0.1, -0.05) is 24.6 Å². The van der Waals surface area contributed by atoms with Crippen molar-refractivity contribution in [2.24, 2.45) is 0 Å². The van der Waals surface area contributed by atoms with Crippen LogP contribution in [0.1, 0.15) is 42.9 Å². The molecule has 1 heterocycles. The third-order valence-electron chi connectivity index (χ3n) is 5.39. The molecule has 3 rings (SSSR count). The van der Waals surface area contributed by atoms with Crippen LogP contribution in [0.2, 0.25) is 0 Å². The van der Waals surface area contributed by atoms with Crippen LogP contribution >= 0.6 is 0 Å². The van der Waals surface area contributed by atoms with E-state index in [0.29, 0.717) is 18.7 Å². The molecule has 30 heavy (non-hydrogen) atoms. The lowest BCUT2D eigenvalue weighted by Gasteiger charge is -2.29. The number of anilines is 2. The first-order chi connectivity index (χ1) is 14.2. The Kier molecular flexibility index (Phi) is 6.61. The molecule has 2 aromatic rings. The quantitative estimate of drug-likeness (QED) is 0.759. The predicted octanol–water partition coefficient (Wildman–Crippen LogP) is 3.80. The summed E-state index contributed by atoms with van der Waals surface area (Å²) >= 11 is 0. The first-order valence-corrected chi connectivity index (χ1v) is 11.9. The van der Waals surface area contributed by atoms with E-state index in [2.05, 4.69) is 5.32 Å². The lowest BCUT2D eigenvalue weighted by molar-refractivity contribution is -0.118. The van der Waals surface area contributed by atoms with Crippen molar-refractivity contribution < 1.29 is 18.0 Å². The third-order valence-corrected chi connectivity index (χ3v) is 7.10. The number of amides is 2. The van der Waals surface area contributed by atoms with Crippen LogP contribution in [0, 0.1) is 13.8 Å². The van der Waals surface area contributed by atoms with Crippen molar-refractivity contribution in [1.29, 1.82) is 0 Å². The normalized spacial score (nSPS) is 13.6. The van der Waals surface area contributed by atoms with Crippen molar-refractivity contribution in [2.45, 2.75) is 51.3 Å². The number of carbonyl (C=O) groups is 2. The van der Waals surface area contributed by atoms with Gasteiger partial charge in [-0.05, 0) is 62.1 Å². The monoisotopic (exact) mass is 428 g/mol. The number of hydrogen-bond acceptors (Lipinski definition) is 4. The molecule has 0 spiro atoms. The average Bonchev–Trinajstić information content (AvgIpc) is 2.73. The van der Waals surface area contributed by atoms with E-state index in [4.69, 9.17) is 0 Å². The van der Waals surface area contributed by atoms with Gasteiger partial charge in [0.1, 0.15) is 0 Å². The summed E-state index contributed by atoms with van der Waals surface area (Å²) in [6.07, 6.45) is 1.84. The molecule has 0 bridgehead atoms. The summed E-state index contributed by atoms with van der Waals surface area (Å²) in [5.41, 5.74) is 4.38. The van der Waals surface area contributed by atoms with Gasteiger partial charge in [0.05, 0.1) is 10.6 Å². The number of carbonyl (C=O) groups excluding carboxylic acids is 2. The van der Waals surface area contributed by atoms with Gasteiger partial charge < -0.3 is 10.2 Å². The highest BCUT2D eigenvalue weighted by Gasteiger charge is 2.24. The molecular formula is C23H28N2O4S. The van der Waals surface area contributed by atoms with Crippen LogP contribution in [0.4, 0.5) is 11.4 Å². The zero-order chi connectivity index (χ0) is 21.9. The van der Waals surface area contributed by atoms with Crippen LogP contribution in [0.25, 0.3) is 0 Å². The smallest absolute Gasteiger partial charge is 0.226 e. The Hall–Kier alpha value is -2.67. The van der Waals surface area contributed by atoms with Crippen LogP contribution in [-0.2, 0) is 25.8 Å². The number of nitrogens with one attached hydrogen (secondary N) is 1. The van der Waals surface area contributed by atoms with Gasteiger partial charge in [-0.2, -0.15) is 0 Å². The SMILES string of the molecule is CCC(=O)N1CCCc2cc(S(=O)(=O)CCC(=O)Nc3ccc(C)cc3C)ccc21. The largest absolute Gasteiger partial charge is 0.326 e. The van der Waals surface area contributed by atoms with E-state index in [0.717, 1.165) is 35.2 Å². The molecule has 0 radical (unpaired) electrons. The fourth-order valence-corrected chi connectivity index (χ4v) is 5.02. The van der Waals surface area contributed by atoms with Gasteiger partial charge in [0.15, 0.2) is 9.84 Å². The third kappa shape index (κ3) is 4.90. The number of aryl methyl sites for hydroxylation is 3. The zero-order valence-corrected chi connectivity index (χ0v) is 18.5. The average molecular weight is 429 g/mol. The first kappa shape index (κ1) is 22.0. The van der Waals surface area contributed by atoms with Crippen LogP contribution in [0.3, 0.4) is 0 Å². The number of nitrogens with zero attached hydrogens (tertiary/aromatic N) is 1. The van der Waals surface area contributed by atoms with Crippen molar-refractivity contribution in [3.8, 4) is 0 Å². The Labute approximate surface area is 178 Å². The molecule has 0 aromatic heterocycles. The first-order valence-electron chi connectivity index (χ1n) is 10.2. The van der Waals surface area contributed by atoms with Crippen LogP contribution in [0.15, 0.2) is 41.3 Å². The summed E-state index contributed by atoms with van der Waals surface area (Å²) in [6.45, 7) is 6.35. The fraction of sp³-hybridized carbons (Fsp3) is 0.391. The van der Waals surface area contributed by atoms with E-state index < -0.39 is 9.84 Å². The minimum atomic E-state index is -3.61. The topological polar surface area (TPSA) is 83.6 Å². The molecule has 6 nitrogen and oxygen atoms in total. The predicted molar refractivity (Wildman–Crippen MR) is 119 cm³/mol. The second-order valence-electron chi connectivity index (χ2n) is 7.73. The van der Waals surface area contributed by atoms with Gasteiger partial charge in [0.2, 0.25) is 11.8 Å². The number of hydrogen-bond donors (Lipinski definition) is 1. The number of rotatable bonds is 6. The van der Waals surface area contributed by atoms with Gasteiger partial charge in [0.25, 0.3) is 0 Å². The molecular weight excluding hydrogens is 400 g/mol. The summed E-state index contributed by atoms with van der Waals surface area (Å²) in [5.74, 6) is -0.557. The number of sulfone groups is 1. The molecule has 0 aliphatic carbocycles. The molecule has 0 saturated heterocycles. The highest BCUT2D eigenvalue weighted by Crippen LogP contribution is 2.30. The standard InChI is InChI=1S/C23H28N2O4S/c1-4-23(27)25-12-5-6-18-15-19(8-10-21(18)25)30(28,29)13-11-22(26)24-20-9-7-16(2)14-17(20)3/h7-10,14-15H,4-6,11-13H2,1-3H3,(H,24,26). The number of fused-ring (bicyclic) bond motifs is 1. The summed E-state index contributed by atoms with van der Waals surface area (Å²) in [5, 5.41) is 2.79. The van der Waals surface area contributed by atoms with Crippen molar-refractivity contribution in [1.82, 2.24) is 0 Å². The lowest BCUT2D eigenvalue weighted by Crippen LogP contribution is -2.35. The van der Waals surface area contributed by atoms with E-state index in [9.17, 15) is 18.0 Å². The second kappa shape index (κ2) is 9.00. The molecule has 1 N–H and O–H groups in total. The van der Waals surface area contributed by atoms with E-state index in [-0.39, 0.29) is 28.9 Å². The minimum Gasteiger partial charge on any atom is -0.326 e. The molecule has 160 valence electrons. The highest BCUT2D eigenvalue weighted by atomic mass is 32.2. The Morgan fingerprint density at radius 3 is 2.57 bits per heavy atom. The zero-order valence-electron chi connectivity index (χ0n) is 17.7. The molecule has 1 aliphatic heterocycles. The summed E-state index contributed by atoms with van der Waals surface area (Å²) in [4.78, 5) is 26.4. The Balaban J connectivity index is 1.70. The van der Waals surface area contributed by atoms with E-state index in [1.807, 2.05) is 39.0 Å². The highest BCUT2D eigenvalue weighted by molar-refractivity contribution is 7.91. The maximum atomic E-state index is 12.8. The van der Waals surface area contributed by atoms with Crippen molar-refractivity contribution in [2.75, 3.05) is 22.5 Å². The summed E-state index contributed by atoms with van der Waals surface area (Å²) < 4.78 is 25.6. The molecule has 0 atom stereocenters. The van der Waals surface area contributed by atoms with E-state index in [1.54, 1.807) is 17.0 Å². The Bertz CT molecular complexity index is 1080. The van der Waals surface area contributed by atoms with Crippen LogP contribution < -0.4 is 10.2 Å². The fourth-order valence-electron chi connectivity index (χ4n) is 3.73. The number of benzene rings is 2. The Morgan fingerprint density at radius 2 is 1.87 bits per heavy atom. The summed E-state index contributed by atoms with van der Waals surface area (Å²) in [7, 11) is -3.61. The maximum Gasteiger partial charge on any atom is 0.226 e. The van der Waals surface area contributed by atoms with Crippen LogP contribution in [0.5, 0.6) is 0 Å². The second-order valence-corrected chi connectivity index (χ2v) is 9.84.